The molecule has 0 aliphatic carbocycles. The fraction of sp³-hybridized carbons (Fsp3) is 0.375. The van der Waals surface area contributed by atoms with Crippen molar-refractivity contribution in [2.75, 3.05) is 0 Å². The molecule has 0 aliphatic rings. The van der Waals surface area contributed by atoms with E-state index in [-0.39, 0.29) is 0 Å². The Morgan fingerprint density at radius 3 is 3.00 bits per heavy atom. The summed E-state index contributed by atoms with van der Waals surface area (Å²) in [6.45, 7) is 2.17. The molecule has 0 aromatic carbocycles. The molecule has 1 heterocycles. The van der Waals surface area contributed by atoms with E-state index in [0.29, 0.717) is 0 Å². The van der Waals surface area contributed by atoms with Gasteiger partial charge >= 0.3 is 0 Å². The predicted octanol–water partition coefficient (Wildman–Crippen LogP) is 2.80. The van der Waals surface area contributed by atoms with Crippen LogP contribution in [0.4, 0.5) is 0 Å². The first-order valence-electron chi connectivity index (χ1n) is 3.43. The molecule has 54 valence electrons. The summed E-state index contributed by atoms with van der Waals surface area (Å²) in [5.41, 5.74) is 1.30. The van der Waals surface area contributed by atoms with Crippen molar-refractivity contribution < 1.29 is 0 Å². The van der Waals surface area contributed by atoms with Gasteiger partial charge < -0.3 is 0 Å². The molecule has 0 fully saturated rings. The van der Waals surface area contributed by atoms with E-state index in [2.05, 4.69) is 27.8 Å². The van der Waals surface area contributed by atoms with Crippen LogP contribution < -0.4 is 0 Å². The number of aromatic nitrogens is 1. The Morgan fingerprint density at radius 2 is 2.40 bits per heavy atom. The van der Waals surface area contributed by atoms with Crippen molar-refractivity contribution in [2.24, 2.45) is 0 Å². The molecule has 0 spiro atoms. The highest BCUT2D eigenvalue weighted by molar-refractivity contribution is 9.10. The van der Waals surface area contributed by atoms with Gasteiger partial charge in [-0.25, -0.2) is 0 Å². The Balaban J connectivity index is 2.81. The molecule has 1 aromatic rings. The van der Waals surface area contributed by atoms with Crippen molar-refractivity contribution in [1.82, 2.24) is 4.98 Å². The highest BCUT2D eigenvalue weighted by atomic mass is 79.9. The minimum atomic E-state index is 1.11. The van der Waals surface area contributed by atoms with Crippen LogP contribution >= 0.6 is 15.9 Å². The summed E-state index contributed by atoms with van der Waals surface area (Å²) in [5, 5.41) is 0. The number of aryl methyl sites for hydroxylation is 1. The number of hydrogen-bond donors (Lipinski definition) is 0. The largest absolute Gasteiger partial charge is 0.264 e. The van der Waals surface area contributed by atoms with Crippen LogP contribution in [0.2, 0.25) is 0 Å². The molecule has 0 unspecified atom stereocenters. The van der Waals surface area contributed by atoms with Crippen molar-refractivity contribution in [1.29, 1.82) is 0 Å². The van der Waals surface area contributed by atoms with Crippen molar-refractivity contribution in [3.05, 3.63) is 28.5 Å². The molecule has 0 saturated carbocycles. The van der Waals surface area contributed by atoms with E-state index in [1.807, 2.05) is 12.3 Å². The molecule has 1 aromatic heterocycles. The van der Waals surface area contributed by atoms with Crippen molar-refractivity contribution >= 4 is 15.9 Å². The molecule has 0 amide bonds. The van der Waals surface area contributed by atoms with Crippen LogP contribution in [-0.4, -0.2) is 4.98 Å². The minimum absolute atomic E-state index is 1.11. The lowest BCUT2D eigenvalue weighted by Gasteiger charge is -1.98. The number of pyridine rings is 1. The van der Waals surface area contributed by atoms with Crippen molar-refractivity contribution in [2.45, 2.75) is 19.8 Å². The van der Waals surface area contributed by atoms with Gasteiger partial charge in [0.25, 0.3) is 0 Å². The molecule has 0 aliphatic heterocycles. The molecular formula is C8H10BrN. The third-order valence-corrected chi connectivity index (χ3v) is 2.14. The highest BCUT2D eigenvalue weighted by Crippen LogP contribution is 2.15. The molecule has 0 radical (unpaired) electrons. The van der Waals surface area contributed by atoms with Crippen molar-refractivity contribution in [3.63, 3.8) is 0 Å². The standard InChI is InChI=1S/C8H10BrN/c1-2-3-7-6-10-5-4-8(7)9/h4-6H,2-3H2,1H3. The second-order valence-corrected chi connectivity index (χ2v) is 3.07. The van der Waals surface area contributed by atoms with E-state index in [1.165, 1.54) is 16.5 Å². The summed E-state index contributed by atoms with van der Waals surface area (Å²) in [7, 11) is 0. The Kier molecular flexibility index (Phi) is 2.87. The maximum atomic E-state index is 4.03. The topological polar surface area (TPSA) is 12.9 Å². The lowest BCUT2D eigenvalue weighted by molar-refractivity contribution is 0.908. The quantitative estimate of drug-likeness (QED) is 0.715. The summed E-state index contributed by atoms with van der Waals surface area (Å²) in [5.74, 6) is 0. The first kappa shape index (κ1) is 7.73. The maximum absolute atomic E-state index is 4.03. The van der Waals surface area contributed by atoms with Gasteiger partial charge in [0.15, 0.2) is 0 Å². The zero-order valence-corrected chi connectivity index (χ0v) is 7.56. The summed E-state index contributed by atoms with van der Waals surface area (Å²) in [6.07, 6.45) is 5.98. The molecule has 0 bridgehead atoms. The lowest BCUT2D eigenvalue weighted by atomic mass is 10.2. The van der Waals surface area contributed by atoms with Crippen LogP contribution in [0.15, 0.2) is 22.9 Å². The zero-order valence-electron chi connectivity index (χ0n) is 5.97. The number of rotatable bonds is 2. The summed E-state index contributed by atoms with van der Waals surface area (Å²) in [6, 6.07) is 1.98. The van der Waals surface area contributed by atoms with E-state index < -0.39 is 0 Å². The van der Waals surface area contributed by atoms with Gasteiger partial charge in [0.05, 0.1) is 0 Å². The Hall–Kier alpha value is -0.370. The fourth-order valence-electron chi connectivity index (χ4n) is 0.863. The average molecular weight is 200 g/mol. The highest BCUT2D eigenvalue weighted by Gasteiger charge is 1.95. The van der Waals surface area contributed by atoms with Gasteiger partial charge in [-0.2, -0.15) is 0 Å². The molecule has 1 nitrogen and oxygen atoms in total. The lowest BCUT2D eigenvalue weighted by Crippen LogP contribution is -1.85. The fourth-order valence-corrected chi connectivity index (χ4v) is 1.28. The molecule has 2 heteroatoms. The average Bonchev–Trinajstić information content (AvgIpc) is 1.94. The van der Waals surface area contributed by atoms with Gasteiger partial charge in [-0.1, -0.05) is 29.3 Å². The summed E-state index contributed by atoms with van der Waals surface area (Å²) in [4.78, 5) is 4.03. The Labute approximate surface area is 69.6 Å². The normalized spacial score (nSPS) is 9.80. The molecule has 0 N–H and O–H groups in total. The molecule has 0 saturated heterocycles. The van der Waals surface area contributed by atoms with Gasteiger partial charge in [0.1, 0.15) is 0 Å². The van der Waals surface area contributed by atoms with Gasteiger partial charge in [0.2, 0.25) is 0 Å². The van der Waals surface area contributed by atoms with E-state index in [4.69, 9.17) is 0 Å². The first-order chi connectivity index (χ1) is 4.84. The SMILES string of the molecule is CCCc1cnccc1Br. The first-order valence-corrected chi connectivity index (χ1v) is 4.22. The Bertz CT molecular complexity index is 210. The smallest absolute Gasteiger partial charge is 0.0311 e. The van der Waals surface area contributed by atoms with E-state index in [0.717, 1.165) is 6.42 Å². The maximum Gasteiger partial charge on any atom is 0.0311 e. The van der Waals surface area contributed by atoms with Crippen molar-refractivity contribution in [3.8, 4) is 0 Å². The van der Waals surface area contributed by atoms with Crippen LogP contribution in [0, 0.1) is 0 Å². The zero-order chi connectivity index (χ0) is 7.40. The molecular weight excluding hydrogens is 190 g/mol. The van der Waals surface area contributed by atoms with Crippen LogP contribution in [0.5, 0.6) is 0 Å². The second kappa shape index (κ2) is 3.71. The molecule has 0 atom stereocenters. The van der Waals surface area contributed by atoms with Gasteiger partial charge in [0, 0.05) is 16.9 Å². The Morgan fingerprint density at radius 1 is 1.60 bits per heavy atom. The minimum Gasteiger partial charge on any atom is -0.264 e. The monoisotopic (exact) mass is 199 g/mol. The summed E-state index contributed by atoms with van der Waals surface area (Å²) >= 11 is 3.46. The van der Waals surface area contributed by atoms with Crippen LogP contribution in [0.1, 0.15) is 18.9 Å². The van der Waals surface area contributed by atoms with Gasteiger partial charge in [-0.3, -0.25) is 4.98 Å². The van der Waals surface area contributed by atoms with E-state index in [1.54, 1.807) is 6.20 Å². The second-order valence-electron chi connectivity index (χ2n) is 2.22. The number of halogens is 1. The van der Waals surface area contributed by atoms with Crippen LogP contribution in [0.3, 0.4) is 0 Å². The third-order valence-electron chi connectivity index (χ3n) is 1.36. The molecule has 10 heavy (non-hydrogen) atoms. The van der Waals surface area contributed by atoms with Crippen LogP contribution in [-0.2, 0) is 6.42 Å². The predicted molar refractivity (Wildman–Crippen MR) is 45.9 cm³/mol. The third kappa shape index (κ3) is 1.81. The molecule has 1 rings (SSSR count). The summed E-state index contributed by atoms with van der Waals surface area (Å²) < 4.78 is 1.17. The van der Waals surface area contributed by atoms with Gasteiger partial charge in [-0.05, 0) is 18.1 Å². The number of hydrogen-bond acceptors (Lipinski definition) is 1. The van der Waals surface area contributed by atoms with Gasteiger partial charge in [-0.15, -0.1) is 0 Å². The van der Waals surface area contributed by atoms with Crippen LogP contribution in [0.25, 0.3) is 0 Å². The number of nitrogens with zero attached hydrogens (tertiary/aromatic N) is 1. The van der Waals surface area contributed by atoms with E-state index in [9.17, 15) is 0 Å². The van der Waals surface area contributed by atoms with E-state index >= 15 is 0 Å².